The molecule has 2 rings (SSSR count). The van der Waals surface area contributed by atoms with Crippen LogP contribution in [-0.4, -0.2) is 56.0 Å². The number of hydrogen-bond acceptors (Lipinski definition) is 6. The van der Waals surface area contributed by atoms with Gasteiger partial charge in [0.1, 0.15) is 11.6 Å². The highest BCUT2D eigenvalue weighted by Crippen LogP contribution is 2.20. The second kappa shape index (κ2) is 5.34. The highest BCUT2D eigenvalue weighted by Gasteiger charge is 2.23. The highest BCUT2D eigenvalue weighted by atomic mass is 16.3. The lowest BCUT2D eigenvalue weighted by molar-refractivity contribution is 0.0715. The number of aryl methyl sites for hydroxylation is 1. The number of likely N-dealkylation sites (N-methyl/N-ethyl adjacent to an activating group) is 1. The first kappa shape index (κ1) is 14.7. The van der Waals surface area contributed by atoms with Crippen molar-refractivity contribution < 1.29 is 5.11 Å². The van der Waals surface area contributed by atoms with Crippen molar-refractivity contribution in [2.45, 2.75) is 25.9 Å². The molecule has 0 fully saturated rings. The standard InChI is InChI=1S/C13H22N6O/c1-13(2,8-20)18(4)7-10-16-11(14-3)9-6-15-19(5)12(9)17-10/h6,20H,7-8H2,1-5H3,(H,14,16,17). The van der Waals surface area contributed by atoms with Crippen LogP contribution in [0, 0.1) is 0 Å². The van der Waals surface area contributed by atoms with Gasteiger partial charge in [0.25, 0.3) is 0 Å². The molecule has 7 heteroatoms. The minimum absolute atomic E-state index is 0.0797. The summed E-state index contributed by atoms with van der Waals surface area (Å²) in [6, 6.07) is 0. The number of aliphatic hydroxyl groups excluding tert-OH is 1. The summed E-state index contributed by atoms with van der Waals surface area (Å²) in [4.78, 5) is 11.1. The van der Waals surface area contributed by atoms with Crippen LogP contribution >= 0.6 is 0 Å². The summed E-state index contributed by atoms with van der Waals surface area (Å²) in [5.74, 6) is 1.47. The van der Waals surface area contributed by atoms with Gasteiger partial charge in [0, 0.05) is 19.6 Å². The van der Waals surface area contributed by atoms with E-state index in [4.69, 9.17) is 0 Å². The van der Waals surface area contributed by atoms with Gasteiger partial charge < -0.3 is 10.4 Å². The summed E-state index contributed by atoms with van der Waals surface area (Å²) in [5, 5.41) is 17.6. The van der Waals surface area contributed by atoms with Crippen molar-refractivity contribution in [1.82, 2.24) is 24.6 Å². The van der Waals surface area contributed by atoms with Gasteiger partial charge in [-0.25, -0.2) is 9.97 Å². The predicted molar refractivity (Wildman–Crippen MR) is 78.5 cm³/mol. The van der Waals surface area contributed by atoms with E-state index in [-0.39, 0.29) is 12.1 Å². The molecule has 0 aliphatic heterocycles. The molecule has 0 aromatic carbocycles. The smallest absolute Gasteiger partial charge is 0.163 e. The van der Waals surface area contributed by atoms with Crippen molar-refractivity contribution in [3.8, 4) is 0 Å². The molecule has 0 saturated carbocycles. The molecule has 0 saturated heterocycles. The molecular weight excluding hydrogens is 256 g/mol. The number of aromatic nitrogens is 4. The molecule has 20 heavy (non-hydrogen) atoms. The molecule has 0 atom stereocenters. The predicted octanol–water partition coefficient (Wildman–Crippen LogP) is 0.608. The monoisotopic (exact) mass is 278 g/mol. The summed E-state index contributed by atoms with van der Waals surface area (Å²) in [5.41, 5.74) is 0.486. The zero-order valence-corrected chi connectivity index (χ0v) is 12.7. The van der Waals surface area contributed by atoms with Gasteiger partial charge in [-0.2, -0.15) is 5.10 Å². The Morgan fingerprint density at radius 1 is 1.40 bits per heavy atom. The molecule has 2 heterocycles. The number of nitrogens with zero attached hydrogens (tertiary/aromatic N) is 5. The Hall–Kier alpha value is -1.73. The van der Waals surface area contributed by atoms with E-state index >= 15 is 0 Å². The van der Waals surface area contributed by atoms with E-state index in [1.807, 2.05) is 39.9 Å². The van der Waals surface area contributed by atoms with E-state index in [1.165, 1.54) is 0 Å². The fraction of sp³-hybridized carbons (Fsp3) is 0.615. The first-order valence-electron chi connectivity index (χ1n) is 6.57. The Balaban J connectivity index is 2.38. The minimum Gasteiger partial charge on any atom is -0.394 e. The molecule has 2 aromatic rings. The van der Waals surface area contributed by atoms with E-state index in [2.05, 4.69) is 20.4 Å². The van der Waals surface area contributed by atoms with E-state index in [9.17, 15) is 5.11 Å². The summed E-state index contributed by atoms with van der Waals surface area (Å²) in [6.45, 7) is 4.60. The van der Waals surface area contributed by atoms with Crippen LogP contribution in [-0.2, 0) is 13.6 Å². The zero-order valence-electron chi connectivity index (χ0n) is 12.7. The SMILES string of the molecule is CNc1nc(CN(C)C(C)(C)CO)nc2c1cnn2C. The third-order valence-electron chi connectivity index (χ3n) is 3.67. The zero-order chi connectivity index (χ0) is 14.9. The van der Waals surface area contributed by atoms with Crippen LogP contribution in [0.2, 0.25) is 0 Å². The molecule has 0 aliphatic rings. The number of fused-ring (bicyclic) bond motifs is 1. The molecule has 0 radical (unpaired) electrons. The van der Waals surface area contributed by atoms with Gasteiger partial charge in [0.05, 0.1) is 24.7 Å². The highest BCUT2D eigenvalue weighted by molar-refractivity contribution is 5.86. The van der Waals surface area contributed by atoms with Gasteiger partial charge in [-0.15, -0.1) is 0 Å². The number of aliphatic hydroxyl groups is 1. The van der Waals surface area contributed by atoms with Crippen molar-refractivity contribution in [2.24, 2.45) is 7.05 Å². The average Bonchev–Trinajstić information content (AvgIpc) is 2.79. The van der Waals surface area contributed by atoms with Crippen LogP contribution in [0.3, 0.4) is 0 Å². The maximum atomic E-state index is 9.42. The fourth-order valence-corrected chi connectivity index (χ4v) is 1.88. The van der Waals surface area contributed by atoms with Gasteiger partial charge in [0.15, 0.2) is 5.65 Å². The third kappa shape index (κ3) is 2.59. The van der Waals surface area contributed by atoms with Gasteiger partial charge in [-0.1, -0.05) is 0 Å². The van der Waals surface area contributed by atoms with Gasteiger partial charge in [-0.3, -0.25) is 9.58 Å². The minimum atomic E-state index is -0.315. The topological polar surface area (TPSA) is 79.1 Å². The molecule has 0 amide bonds. The Labute approximate surface area is 118 Å². The quantitative estimate of drug-likeness (QED) is 0.834. The maximum absolute atomic E-state index is 9.42. The van der Waals surface area contributed by atoms with Crippen LogP contribution in [0.15, 0.2) is 6.20 Å². The summed E-state index contributed by atoms with van der Waals surface area (Å²) >= 11 is 0. The lowest BCUT2D eigenvalue weighted by Crippen LogP contribution is -2.44. The van der Waals surface area contributed by atoms with Gasteiger partial charge in [-0.05, 0) is 20.9 Å². The Morgan fingerprint density at radius 2 is 2.10 bits per heavy atom. The van der Waals surface area contributed by atoms with Gasteiger partial charge >= 0.3 is 0 Å². The third-order valence-corrected chi connectivity index (χ3v) is 3.67. The van der Waals surface area contributed by atoms with Crippen LogP contribution in [0.4, 0.5) is 5.82 Å². The van der Waals surface area contributed by atoms with Crippen LogP contribution in [0.25, 0.3) is 11.0 Å². The Bertz CT molecular complexity index is 606. The summed E-state index contributed by atoms with van der Waals surface area (Å²) in [7, 11) is 5.64. The van der Waals surface area contributed by atoms with Crippen molar-refractivity contribution in [2.75, 3.05) is 26.0 Å². The van der Waals surface area contributed by atoms with Crippen LogP contribution in [0.5, 0.6) is 0 Å². The number of hydrogen-bond donors (Lipinski definition) is 2. The van der Waals surface area contributed by atoms with Crippen LogP contribution in [0.1, 0.15) is 19.7 Å². The molecule has 0 spiro atoms. The molecule has 0 unspecified atom stereocenters. The number of anilines is 1. The largest absolute Gasteiger partial charge is 0.394 e. The molecule has 0 bridgehead atoms. The van der Waals surface area contributed by atoms with Crippen molar-refractivity contribution in [3.05, 3.63) is 12.0 Å². The lowest BCUT2D eigenvalue weighted by atomic mass is 10.1. The lowest BCUT2D eigenvalue weighted by Gasteiger charge is -2.33. The molecule has 2 N–H and O–H groups in total. The molecule has 7 nitrogen and oxygen atoms in total. The van der Waals surface area contributed by atoms with Crippen molar-refractivity contribution in [3.63, 3.8) is 0 Å². The van der Waals surface area contributed by atoms with Crippen molar-refractivity contribution in [1.29, 1.82) is 0 Å². The van der Waals surface area contributed by atoms with Gasteiger partial charge in [0.2, 0.25) is 0 Å². The summed E-state index contributed by atoms with van der Waals surface area (Å²) < 4.78 is 1.73. The molecule has 0 aliphatic carbocycles. The van der Waals surface area contributed by atoms with Crippen molar-refractivity contribution >= 4 is 16.9 Å². The Morgan fingerprint density at radius 3 is 2.70 bits per heavy atom. The average molecular weight is 278 g/mol. The van der Waals surface area contributed by atoms with E-state index in [0.29, 0.717) is 12.4 Å². The fourth-order valence-electron chi connectivity index (χ4n) is 1.88. The molecule has 110 valence electrons. The second-order valence-corrected chi connectivity index (χ2v) is 5.57. The van der Waals surface area contributed by atoms with E-state index in [0.717, 1.165) is 16.9 Å². The number of nitrogens with one attached hydrogen (secondary N) is 1. The number of rotatable bonds is 5. The molecule has 2 aromatic heterocycles. The van der Waals surface area contributed by atoms with E-state index in [1.54, 1.807) is 10.9 Å². The Kier molecular flexibility index (Phi) is 3.92. The molecular formula is C13H22N6O. The second-order valence-electron chi connectivity index (χ2n) is 5.57. The maximum Gasteiger partial charge on any atom is 0.163 e. The van der Waals surface area contributed by atoms with E-state index < -0.39 is 0 Å². The first-order valence-corrected chi connectivity index (χ1v) is 6.57. The first-order chi connectivity index (χ1) is 9.39. The normalized spacial score (nSPS) is 12.3. The summed E-state index contributed by atoms with van der Waals surface area (Å²) in [6.07, 6.45) is 1.76. The van der Waals surface area contributed by atoms with Crippen LogP contribution < -0.4 is 5.32 Å².